The van der Waals surface area contributed by atoms with Crippen LogP contribution in [0.3, 0.4) is 0 Å². The van der Waals surface area contributed by atoms with Crippen LogP contribution in [0.1, 0.15) is 18.9 Å². The Bertz CT molecular complexity index is 725. The molecule has 138 valence electrons. The summed E-state index contributed by atoms with van der Waals surface area (Å²) in [5, 5.41) is 2.98. The molecule has 1 aromatic heterocycles. The van der Waals surface area contributed by atoms with E-state index < -0.39 is 0 Å². The number of carbonyl (C=O) groups is 1. The third-order valence-corrected chi connectivity index (χ3v) is 4.55. The van der Waals surface area contributed by atoms with Crippen LogP contribution in [0, 0.1) is 0 Å². The van der Waals surface area contributed by atoms with E-state index in [1.54, 1.807) is 17.3 Å². The van der Waals surface area contributed by atoms with Gasteiger partial charge in [0.2, 0.25) is 0 Å². The van der Waals surface area contributed by atoms with Crippen molar-refractivity contribution < 1.29 is 9.53 Å². The molecule has 1 fully saturated rings. The van der Waals surface area contributed by atoms with Crippen LogP contribution in [0.15, 0.2) is 42.7 Å². The minimum Gasteiger partial charge on any atom is -0.475 e. The number of hydrogen-bond acceptors (Lipinski definition) is 5. The van der Waals surface area contributed by atoms with Gasteiger partial charge in [-0.3, -0.25) is 0 Å². The quantitative estimate of drug-likeness (QED) is 0.861. The van der Waals surface area contributed by atoms with E-state index in [0.717, 1.165) is 24.3 Å². The van der Waals surface area contributed by atoms with Crippen molar-refractivity contribution in [2.45, 2.75) is 25.9 Å². The lowest BCUT2D eigenvalue weighted by molar-refractivity contribution is 0.194. The van der Waals surface area contributed by atoms with E-state index in [0.29, 0.717) is 25.6 Å². The van der Waals surface area contributed by atoms with E-state index >= 15 is 0 Å². The second kappa shape index (κ2) is 8.51. The van der Waals surface area contributed by atoms with Gasteiger partial charge in [-0.1, -0.05) is 30.3 Å². The fraction of sp³-hybridized carbons (Fsp3) is 0.421. The summed E-state index contributed by atoms with van der Waals surface area (Å²) >= 11 is 0. The van der Waals surface area contributed by atoms with Crippen LogP contribution < -0.4 is 15.0 Å². The zero-order chi connectivity index (χ0) is 18.4. The molecule has 2 heterocycles. The minimum absolute atomic E-state index is 0.0649. The van der Waals surface area contributed by atoms with Gasteiger partial charge in [-0.15, -0.1) is 0 Å². The highest BCUT2D eigenvalue weighted by Crippen LogP contribution is 2.27. The van der Waals surface area contributed by atoms with Crippen molar-refractivity contribution in [2.75, 3.05) is 31.6 Å². The highest BCUT2D eigenvalue weighted by molar-refractivity contribution is 5.74. The van der Waals surface area contributed by atoms with Crippen molar-refractivity contribution in [1.82, 2.24) is 20.2 Å². The first-order chi connectivity index (χ1) is 12.7. The molecular weight excluding hydrogens is 330 g/mol. The van der Waals surface area contributed by atoms with Crippen molar-refractivity contribution in [3.63, 3.8) is 0 Å². The number of anilines is 1. The average Bonchev–Trinajstić information content (AvgIpc) is 3.17. The van der Waals surface area contributed by atoms with Gasteiger partial charge in [0, 0.05) is 39.1 Å². The Labute approximate surface area is 154 Å². The minimum atomic E-state index is -0.0649. The summed E-state index contributed by atoms with van der Waals surface area (Å²) < 4.78 is 5.57. The summed E-state index contributed by atoms with van der Waals surface area (Å²) in [4.78, 5) is 25.0. The number of aromatic nitrogens is 2. The summed E-state index contributed by atoms with van der Waals surface area (Å²) in [6.07, 6.45) is 4.18. The highest BCUT2D eigenvalue weighted by atomic mass is 16.5. The summed E-state index contributed by atoms with van der Waals surface area (Å²) in [5.41, 5.74) is 1.09. The molecule has 7 nitrogen and oxygen atoms in total. The Balaban J connectivity index is 1.57. The number of nitrogens with zero attached hydrogens (tertiary/aromatic N) is 4. The molecule has 26 heavy (non-hydrogen) atoms. The number of benzene rings is 1. The molecule has 1 saturated heterocycles. The van der Waals surface area contributed by atoms with Gasteiger partial charge in [0.25, 0.3) is 5.88 Å². The number of likely N-dealkylation sites (N-methyl/N-ethyl adjacent to an activating group) is 1. The molecule has 1 N–H and O–H groups in total. The van der Waals surface area contributed by atoms with Gasteiger partial charge < -0.3 is 19.9 Å². The van der Waals surface area contributed by atoms with Gasteiger partial charge in [0.1, 0.15) is 0 Å². The molecule has 7 heteroatoms. The molecule has 2 aromatic rings. The summed E-state index contributed by atoms with van der Waals surface area (Å²) in [5.74, 6) is 1.29. The maximum atomic E-state index is 12.5. The molecule has 0 radical (unpaired) electrons. The smallest absolute Gasteiger partial charge is 0.317 e. The maximum Gasteiger partial charge on any atom is 0.317 e. The monoisotopic (exact) mass is 355 g/mol. The van der Waals surface area contributed by atoms with Crippen LogP contribution in [-0.4, -0.2) is 53.7 Å². The number of hydrogen-bond donors (Lipinski definition) is 1. The second-order valence-electron chi connectivity index (χ2n) is 6.26. The van der Waals surface area contributed by atoms with Crippen LogP contribution in [0.2, 0.25) is 0 Å². The molecule has 0 spiro atoms. The Hall–Kier alpha value is -2.83. The van der Waals surface area contributed by atoms with Crippen LogP contribution >= 0.6 is 0 Å². The number of carbonyl (C=O) groups excluding carboxylic acids is 1. The van der Waals surface area contributed by atoms with E-state index in [1.807, 2.05) is 44.3 Å². The third kappa shape index (κ3) is 4.22. The molecule has 3 rings (SSSR count). The molecule has 0 saturated carbocycles. The van der Waals surface area contributed by atoms with Crippen molar-refractivity contribution in [3.05, 3.63) is 48.3 Å². The molecule has 0 aliphatic carbocycles. The van der Waals surface area contributed by atoms with Crippen molar-refractivity contribution in [1.29, 1.82) is 0 Å². The fourth-order valence-corrected chi connectivity index (χ4v) is 3.09. The molecular formula is C19H25N5O2. The Morgan fingerprint density at radius 2 is 2.08 bits per heavy atom. The molecule has 1 aromatic carbocycles. The van der Waals surface area contributed by atoms with Gasteiger partial charge >= 0.3 is 6.03 Å². The van der Waals surface area contributed by atoms with Crippen LogP contribution in [-0.2, 0) is 6.54 Å². The average molecular weight is 355 g/mol. The van der Waals surface area contributed by atoms with Gasteiger partial charge in [-0.25, -0.2) is 14.8 Å². The third-order valence-electron chi connectivity index (χ3n) is 4.55. The van der Waals surface area contributed by atoms with Crippen LogP contribution in [0.4, 0.5) is 10.6 Å². The van der Waals surface area contributed by atoms with Gasteiger partial charge in [-0.2, -0.15) is 0 Å². The van der Waals surface area contributed by atoms with E-state index in [9.17, 15) is 4.79 Å². The first-order valence-electron chi connectivity index (χ1n) is 8.92. The Kier molecular flexibility index (Phi) is 5.88. The molecule has 1 atom stereocenters. The highest BCUT2D eigenvalue weighted by Gasteiger charge is 2.30. The summed E-state index contributed by atoms with van der Waals surface area (Å²) in [6, 6.07) is 9.97. The Morgan fingerprint density at radius 1 is 1.31 bits per heavy atom. The number of nitrogens with one attached hydrogen (secondary N) is 1. The van der Waals surface area contributed by atoms with E-state index in [-0.39, 0.29) is 12.1 Å². The topological polar surface area (TPSA) is 70.6 Å². The first kappa shape index (κ1) is 18.0. The van der Waals surface area contributed by atoms with Gasteiger partial charge in [0.05, 0.1) is 12.6 Å². The van der Waals surface area contributed by atoms with E-state index in [1.165, 1.54) is 0 Å². The van der Waals surface area contributed by atoms with Gasteiger partial charge in [0.15, 0.2) is 5.82 Å². The molecule has 0 unspecified atom stereocenters. The summed E-state index contributed by atoms with van der Waals surface area (Å²) in [6.45, 7) is 4.54. The predicted molar refractivity (Wildman–Crippen MR) is 100 cm³/mol. The maximum absolute atomic E-state index is 12.5. The van der Waals surface area contributed by atoms with Crippen LogP contribution in [0.25, 0.3) is 0 Å². The number of urea groups is 1. The molecule has 1 aliphatic rings. The number of rotatable bonds is 6. The zero-order valence-electron chi connectivity index (χ0n) is 15.3. The lowest BCUT2D eigenvalue weighted by Crippen LogP contribution is -2.44. The van der Waals surface area contributed by atoms with E-state index in [2.05, 4.69) is 20.2 Å². The van der Waals surface area contributed by atoms with Crippen LogP contribution in [0.5, 0.6) is 5.88 Å². The normalized spacial score (nSPS) is 16.4. The predicted octanol–water partition coefficient (Wildman–Crippen LogP) is 2.30. The van der Waals surface area contributed by atoms with Crippen molar-refractivity contribution >= 4 is 11.8 Å². The number of ether oxygens (including phenoxy) is 1. The lowest BCUT2D eigenvalue weighted by Gasteiger charge is -2.25. The van der Waals surface area contributed by atoms with Gasteiger partial charge in [-0.05, 0) is 18.9 Å². The SMILES string of the molecule is CCOc1nccnc1N1CC[C@H](N(C)C(=O)NCc2ccccc2)C1. The fourth-order valence-electron chi connectivity index (χ4n) is 3.09. The molecule has 2 amide bonds. The lowest BCUT2D eigenvalue weighted by atomic mass is 10.2. The van der Waals surface area contributed by atoms with Crippen molar-refractivity contribution in [3.8, 4) is 5.88 Å². The zero-order valence-corrected chi connectivity index (χ0v) is 15.3. The standard InChI is InChI=1S/C19H25N5O2/c1-3-26-18-17(20-10-11-21-18)24-12-9-16(14-24)23(2)19(25)22-13-15-7-5-4-6-8-15/h4-8,10-11,16H,3,9,12-14H2,1-2H3,(H,22,25)/t16-/m0/s1. The first-order valence-corrected chi connectivity index (χ1v) is 8.92. The van der Waals surface area contributed by atoms with E-state index in [4.69, 9.17) is 4.74 Å². The number of amides is 2. The second-order valence-corrected chi connectivity index (χ2v) is 6.26. The Morgan fingerprint density at radius 3 is 2.85 bits per heavy atom. The van der Waals surface area contributed by atoms with Crippen molar-refractivity contribution in [2.24, 2.45) is 0 Å². The summed E-state index contributed by atoms with van der Waals surface area (Å²) in [7, 11) is 1.84. The largest absolute Gasteiger partial charge is 0.475 e. The molecule has 0 bridgehead atoms. The molecule has 1 aliphatic heterocycles.